The number of anilines is 1. The lowest BCUT2D eigenvalue weighted by Crippen LogP contribution is -2.48. The molecule has 1 aliphatic heterocycles. The zero-order valence-electron chi connectivity index (χ0n) is 24.7. The van der Waals surface area contributed by atoms with Crippen molar-refractivity contribution in [2.24, 2.45) is 0 Å². The molecule has 220 valence electrons. The number of carbonyl (C=O) groups is 1. The van der Waals surface area contributed by atoms with Gasteiger partial charge in [-0.25, -0.2) is 4.98 Å². The minimum Gasteiger partial charge on any atom is -0.445 e. The molecular formula is C34H41N5O3. The van der Waals surface area contributed by atoms with Gasteiger partial charge in [-0.1, -0.05) is 45.0 Å². The molecule has 0 spiro atoms. The molecule has 4 aromatic rings. The van der Waals surface area contributed by atoms with Crippen LogP contribution in [0.2, 0.25) is 0 Å². The molecular weight excluding hydrogens is 526 g/mol. The Kier molecular flexibility index (Phi) is 9.35. The number of aliphatic hydroxyl groups is 1. The summed E-state index contributed by atoms with van der Waals surface area (Å²) in [5.41, 5.74) is 6.52. The maximum atomic E-state index is 13.7. The molecule has 0 unspecified atom stereocenters. The molecule has 3 heterocycles. The number of hydrogen-bond donors (Lipinski definition) is 4. The second-order valence-corrected chi connectivity index (χ2v) is 12.1. The summed E-state index contributed by atoms with van der Waals surface area (Å²) in [5, 5.41) is 21.3. The summed E-state index contributed by atoms with van der Waals surface area (Å²) in [5.74, 6) is 0.188. The molecule has 0 saturated heterocycles. The third kappa shape index (κ3) is 7.84. The van der Waals surface area contributed by atoms with Gasteiger partial charge in [-0.3, -0.25) is 9.78 Å². The number of aromatic nitrogens is 2. The minimum absolute atomic E-state index is 0.0281. The Balaban J connectivity index is 1.37. The smallest absolute Gasteiger partial charge is 0.251 e. The van der Waals surface area contributed by atoms with E-state index in [1.54, 1.807) is 12.3 Å². The van der Waals surface area contributed by atoms with Crippen molar-refractivity contribution in [3.05, 3.63) is 101 Å². The van der Waals surface area contributed by atoms with E-state index < -0.39 is 12.1 Å². The SMILES string of the molecule is CC(C)(C)c1ccnc(CNC[C@@H](O)[C@@H]2Cc3cccc(c3)CCCCNc3cc(cc(-c4ncco4)c3)C(=O)N2)c1. The molecule has 5 rings (SSSR count). The van der Waals surface area contributed by atoms with Crippen molar-refractivity contribution >= 4 is 11.6 Å². The Morgan fingerprint density at radius 2 is 1.86 bits per heavy atom. The Hall–Kier alpha value is -4.01. The number of benzene rings is 2. The van der Waals surface area contributed by atoms with Crippen molar-refractivity contribution < 1.29 is 14.3 Å². The van der Waals surface area contributed by atoms with Crippen LogP contribution in [0.3, 0.4) is 0 Å². The summed E-state index contributed by atoms with van der Waals surface area (Å²) in [6, 6.07) is 17.7. The van der Waals surface area contributed by atoms with Gasteiger partial charge < -0.3 is 25.5 Å². The number of oxazole rings is 1. The molecule has 42 heavy (non-hydrogen) atoms. The summed E-state index contributed by atoms with van der Waals surface area (Å²) < 4.78 is 5.53. The fourth-order valence-electron chi connectivity index (χ4n) is 5.27. The molecule has 2 aromatic carbocycles. The van der Waals surface area contributed by atoms with Gasteiger partial charge in [-0.15, -0.1) is 0 Å². The first-order valence-corrected chi connectivity index (χ1v) is 14.8. The fourth-order valence-corrected chi connectivity index (χ4v) is 5.27. The van der Waals surface area contributed by atoms with Crippen LogP contribution in [0.1, 0.15) is 66.4 Å². The van der Waals surface area contributed by atoms with Crippen molar-refractivity contribution in [1.82, 2.24) is 20.6 Å². The van der Waals surface area contributed by atoms with Gasteiger partial charge in [0.2, 0.25) is 5.89 Å². The highest BCUT2D eigenvalue weighted by Crippen LogP contribution is 2.25. The quantitative estimate of drug-likeness (QED) is 0.251. The Bertz CT molecular complexity index is 1480. The van der Waals surface area contributed by atoms with Gasteiger partial charge in [-0.2, -0.15) is 0 Å². The average molecular weight is 568 g/mol. The molecule has 0 saturated carbocycles. The van der Waals surface area contributed by atoms with E-state index in [9.17, 15) is 9.90 Å². The molecule has 4 bridgehead atoms. The Labute approximate surface area is 248 Å². The van der Waals surface area contributed by atoms with Crippen LogP contribution in [0.4, 0.5) is 5.69 Å². The maximum absolute atomic E-state index is 13.7. The third-order valence-electron chi connectivity index (χ3n) is 7.67. The van der Waals surface area contributed by atoms with Crippen molar-refractivity contribution in [2.75, 3.05) is 18.4 Å². The number of fused-ring (bicyclic) bond motifs is 4. The molecule has 0 fully saturated rings. The number of amides is 1. The Morgan fingerprint density at radius 1 is 1.02 bits per heavy atom. The molecule has 2 aromatic heterocycles. The van der Waals surface area contributed by atoms with Gasteiger partial charge >= 0.3 is 0 Å². The van der Waals surface area contributed by atoms with E-state index in [-0.39, 0.29) is 11.3 Å². The number of hydrogen-bond acceptors (Lipinski definition) is 7. The van der Waals surface area contributed by atoms with E-state index in [1.807, 2.05) is 24.4 Å². The second-order valence-electron chi connectivity index (χ2n) is 12.1. The largest absolute Gasteiger partial charge is 0.445 e. The molecule has 0 radical (unpaired) electrons. The molecule has 8 heteroatoms. The number of nitrogens with zero attached hydrogens (tertiary/aromatic N) is 2. The van der Waals surface area contributed by atoms with Gasteiger partial charge in [0.25, 0.3) is 5.91 Å². The summed E-state index contributed by atoms with van der Waals surface area (Å²) in [6.45, 7) is 8.14. The number of aliphatic hydroxyl groups excluding tert-OH is 1. The van der Waals surface area contributed by atoms with Crippen LogP contribution in [-0.2, 0) is 24.8 Å². The summed E-state index contributed by atoms with van der Waals surface area (Å²) in [4.78, 5) is 22.4. The topological polar surface area (TPSA) is 112 Å². The van der Waals surface area contributed by atoms with Gasteiger partial charge in [0, 0.05) is 42.6 Å². The van der Waals surface area contributed by atoms with Crippen LogP contribution in [0.5, 0.6) is 0 Å². The number of rotatable bonds is 6. The standard InChI is InChI=1S/C34H41N5O3/c1-34(2,3)27-10-12-37-29(20-27)21-35-22-31(40)30-16-24-9-6-8-23(15-24)7-4-5-11-36-28-18-25(32(41)39-30)17-26(19-28)33-38-13-14-42-33/h6,8-10,12-15,17-20,30-31,35-36,40H,4-5,7,11,16,21-22H2,1-3H3,(H,39,41)/t30-,31+/m0/s1. The van der Waals surface area contributed by atoms with E-state index in [2.05, 4.69) is 77.0 Å². The molecule has 0 aliphatic carbocycles. The van der Waals surface area contributed by atoms with Crippen molar-refractivity contribution in [3.8, 4) is 11.5 Å². The van der Waals surface area contributed by atoms with E-state index >= 15 is 0 Å². The number of aryl methyl sites for hydroxylation is 1. The highest BCUT2D eigenvalue weighted by atomic mass is 16.3. The molecule has 1 amide bonds. The van der Waals surface area contributed by atoms with E-state index in [0.717, 1.165) is 48.3 Å². The van der Waals surface area contributed by atoms with Crippen LogP contribution in [0.25, 0.3) is 11.5 Å². The van der Waals surface area contributed by atoms with Crippen molar-refractivity contribution in [2.45, 2.75) is 70.6 Å². The van der Waals surface area contributed by atoms with E-state index in [4.69, 9.17) is 4.42 Å². The first-order chi connectivity index (χ1) is 20.2. The average Bonchev–Trinajstić information content (AvgIpc) is 3.51. The van der Waals surface area contributed by atoms with Gasteiger partial charge in [0.05, 0.1) is 24.0 Å². The highest BCUT2D eigenvalue weighted by molar-refractivity contribution is 5.96. The van der Waals surface area contributed by atoms with Gasteiger partial charge in [0.1, 0.15) is 6.26 Å². The molecule has 1 aliphatic rings. The third-order valence-corrected chi connectivity index (χ3v) is 7.67. The van der Waals surface area contributed by atoms with Crippen LogP contribution in [0, 0.1) is 0 Å². The highest BCUT2D eigenvalue weighted by Gasteiger charge is 2.24. The predicted octanol–water partition coefficient (Wildman–Crippen LogP) is 5.27. The number of nitrogens with one attached hydrogen (secondary N) is 3. The number of carbonyl (C=O) groups excluding carboxylic acids is 1. The van der Waals surface area contributed by atoms with Crippen LogP contribution < -0.4 is 16.0 Å². The first kappa shape index (κ1) is 29.5. The minimum atomic E-state index is -0.827. The summed E-state index contributed by atoms with van der Waals surface area (Å²) >= 11 is 0. The zero-order valence-corrected chi connectivity index (χ0v) is 24.7. The van der Waals surface area contributed by atoms with E-state index in [1.165, 1.54) is 17.4 Å². The summed E-state index contributed by atoms with van der Waals surface area (Å²) in [7, 11) is 0. The lowest BCUT2D eigenvalue weighted by molar-refractivity contribution is 0.0830. The fraction of sp³-hybridized carbons (Fsp3) is 0.382. The summed E-state index contributed by atoms with van der Waals surface area (Å²) in [6.07, 6.45) is 7.63. The zero-order chi connectivity index (χ0) is 29.5. The van der Waals surface area contributed by atoms with E-state index in [0.29, 0.717) is 31.0 Å². The van der Waals surface area contributed by atoms with Crippen LogP contribution in [0.15, 0.2) is 77.7 Å². The van der Waals surface area contributed by atoms with Crippen LogP contribution >= 0.6 is 0 Å². The Morgan fingerprint density at radius 3 is 2.67 bits per heavy atom. The normalized spacial score (nSPS) is 17.0. The monoisotopic (exact) mass is 567 g/mol. The molecule has 8 nitrogen and oxygen atoms in total. The van der Waals surface area contributed by atoms with Crippen molar-refractivity contribution in [1.29, 1.82) is 0 Å². The number of pyridine rings is 1. The van der Waals surface area contributed by atoms with Gasteiger partial charge in [0.15, 0.2) is 0 Å². The van der Waals surface area contributed by atoms with Crippen molar-refractivity contribution in [3.63, 3.8) is 0 Å². The molecule has 4 N–H and O–H groups in total. The van der Waals surface area contributed by atoms with Gasteiger partial charge in [-0.05, 0) is 78.1 Å². The van der Waals surface area contributed by atoms with Crippen LogP contribution in [-0.4, -0.2) is 46.2 Å². The lowest BCUT2D eigenvalue weighted by Gasteiger charge is -2.25. The second kappa shape index (κ2) is 13.3. The predicted molar refractivity (Wildman–Crippen MR) is 165 cm³/mol. The lowest BCUT2D eigenvalue weighted by atomic mass is 9.87. The first-order valence-electron chi connectivity index (χ1n) is 14.8. The molecule has 2 atom stereocenters. The maximum Gasteiger partial charge on any atom is 0.251 e.